The number of hydrogen-bond acceptors (Lipinski definition) is 6. The number of nitrogens with zero attached hydrogens (tertiary/aromatic N) is 5. The highest BCUT2D eigenvalue weighted by Gasteiger charge is 2.34. The van der Waals surface area contributed by atoms with Crippen molar-refractivity contribution in [2.45, 2.75) is 25.3 Å². The topological polar surface area (TPSA) is 105 Å². The van der Waals surface area contributed by atoms with Crippen molar-refractivity contribution in [3.05, 3.63) is 53.7 Å². The minimum Gasteiger partial charge on any atom is -0.364 e. The van der Waals surface area contributed by atoms with Crippen LogP contribution in [0.4, 0.5) is 5.82 Å². The summed E-state index contributed by atoms with van der Waals surface area (Å²) in [6, 6.07) is 13.3. The van der Waals surface area contributed by atoms with Crippen LogP contribution in [0.5, 0.6) is 0 Å². The summed E-state index contributed by atoms with van der Waals surface area (Å²) in [6.45, 7) is 1.41. The van der Waals surface area contributed by atoms with Gasteiger partial charge in [0.15, 0.2) is 11.5 Å². The first-order valence-corrected chi connectivity index (χ1v) is 9.42. The number of nitrogens with two attached hydrogens (primary N) is 1. The standard InChI is InChI=1S/C20H22N6O2/c21-19(27)16-6-7-18(24-23-16)25-12-9-15(10-13-25)20(28)26-17(8-11-22-26)14-4-2-1-3-5-14/h1-7,11,15,17H,8-10,12-13H2,(H2,21,27)/t17-/m0/s1. The second-order valence-corrected chi connectivity index (χ2v) is 7.05. The van der Waals surface area contributed by atoms with Crippen molar-refractivity contribution < 1.29 is 9.59 Å². The Morgan fingerprint density at radius 3 is 2.39 bits per heavy atom. The average molecular weight is 378 g/mol. The van der Waals surface area contributed by atoms with Crippen molar-refractivity contribution in [2.24, 2.45) is 16.8 Å². The van der Waals surface area contributed by atoms with E-state index in [1.165, 1.54) is 0 Å². The summed E-state index contributed by atoms with van der Waals surface area (Å²) in [5.41, 5.74) is 6.45. The summed E-state index contributed by atoms with van der Waals surface area (Å²) >= 11 is 0. The quantitative estimate of drug-likeness (QED) is 0.873. The number of amides is 2. The smallest absolute Gasteiger partial charge is 0.269 e. The number of primary amides is 1. The molecule has 1 aromatic heterocycles. The Kier molecular flexibility index (Phi) is 5.01. The largest absolute Gasteiger partial charge is 0.364 e. The van der Waals surface area contributed by atoms with Crippen molar-refractivity contribution in [2.75, 3.05) is 18.0 Å². The van der Waals surface area contributed by atoms with Crippen LogP contribution in [-0.4, -0.2) is 46.3 Å². The van der Waals surface area contributed by atoms with Gasteiger partial charge in [0.1, 0.15) is 0 Å². The third-order valence-electron chi connectivity index (χ3n) is 5.31. The van der Waals surface area contributed by atoms with Crippen LogP contribution in [0.1, 0.15) is 41.4 Å². The maximum atomic E-state index is 13.1. The summed E-state index contributed by atoms with van der Waals surface area (Å²) < 4.78 is 0. The number of benzene rings is 1. The van der Waals surface area contributed by atoms with E-state index in [4.69, 9.17) is 5.73 Å². The van der Waals surface area contributed by atoms with Crippen LogP contribution in [0.15, 0.2) is 47.6 Å². The lowest BCUT2D eigenvalue weighted by atomic mass is 9.94. The molecule has 2 aliphatic heterocycles. The molecule has 0 saturated carbocycles. The molecule has 1 fully saturated rings. The average Bonchev–Trinajstić information content (AvgIpc) is 3.24. The van der Waals surface area contributed by atoms with Gasteiger partial charge < -0.3 is 10.6 Å². The second kappa shape index (κ2) is 7.75. The van der Waals surface area contributed by atoms with Crippen molar-refractivity contribution >= 4 is 23.8 Å². The maximum absolute atomic E-state index is 13.1. The third-order valence-corrected chi connectivity index (χ3v) is 5.31. The molecule has 2 aromatic rings. The van der Waals surface area contributed by atoms with Crippen molar-refractivity contribution in [1.29, 1.82) is 0 Å². The minimum absolute atomic E-state index is 0.0149. The summed E-state index contributed by atoms with van der Waals surface area (Å²) in [4.78, 5) is 26.2. The van der Waals surface area contributed by atoms with Crippen LogP contribution < -0.4 is 10.6 Å². The lowest BCUT2D eigenvalue weighted by Crippen LogP contribution is -2.41. The Bertz CT molecular complexity index is 875. The Hall–Kier alpha value is -3.29. The molecule has 2 amide bonds. The molecule has 0 radical (unpaired) electrons. The van der Waals surface area contributed by atoms with Crippen molar-refractivity contribution in [3.63, 3.8) is 0 Å². The van der Waals surface area contributed by atoms with Gasteiger partial charge in [-0.15, -0.1) is 10.2 Å². The van der Waals surface area contributed by atoms with E-state index in [-0.39, 0.29) is 23.6 Å². The number of anilines is 1. The van der Waals surface area contributed by atoms with E-state index in [1.54, 1.807) is 17.1 Å². The fourth-order valence-electron chi connectivity index (χ4n) is 3.75. The monoisotopic (exact) mass is 378 g/mol. The van der Waals surface area contributed by atoms with Gasteiger partial charge in [0, 0.05) is 31.6 Å². The van der Waals surface area contributed by atoms with Gasteiger partial charge in [-0.2, -0.15) is 5.10 Å². The lowest BCUT2D eigenvalue weighted by molar-refractivity contribution is -0.138. The summed E-state index contributed by atoms with van der Waals surface area (Å²) in [5.74, 6) is 0.118. The number of aromatic nitrogens is 2. The highest BCUT2D eigenvalue weighted by molar-refractivity contribution is 5.90. The van der Waals surface area contributed by atoms with Crippen LogP contribution >= 0.6 is 0 Å². The Labute approximate surface area is 163 Å². The zero-order valence-electron chi connectivity index (χ0n) is 15.4. The molecule has 2 aliphatic rings. The molecule has 4 rings (SSSR count). The summed E-state index contributed by atoms with van der Waals surface area (Å²) in [6.07, 6.45) is 4.02. The molecule has 2 N–H and O–H groups in total. The molecule has 0 unspecified atom stereocenters. The fraction of sp³-hybridized carbons (Fsp3) is 0.350. The van der Waals surface area contributed by atoms with E-state index >= 15 is 0 Å². The van der Waals surface area contributed by atoms with Gasteiger partial charge in [-0.25, -0.2) is 5.01 Å². The molecule has 3 heterocycles. The normalized spacial score (nSPS) is 19.8. The molecule has 0 spiro atoms. The summed E-state index contributed by atoms with van der Waals surface area (Å²) in [7, 11) is 0. The van der Waals surface area contributed by atoms with Crippen molar-refractivity contribution in [3.8, 4) is 0 Å². The third kappa shape index (κ3) is 3.58. The molecule has 1 aromatic carbocycles. The number of carbonyl (C=O) groups excluding carboxylic acids is 2. The van der Waals surface area contributed by atoms with E-state index in [0.717, 1.165) is 24.8 Å². The van der Waals surface area contributed by atoms with Crippen LogP contribution in [-0.2, 0) is 4.79 Å². The Morgan fingerprint density at radius 1 is 1.00 bits per heavy atom. The highest BCUT2D eigenvalue weighted by Crippen LogP contribution is 2.32. The first-order valence-electron chi connectivity index (χ1n) is 9.42. The van der Waals surface area contributed by atoms with E-state index in [9.17, 15) is 9.59 Å². The number of hydrazone groups is 1. The van der Waals surface area contributed by atoms with E-state index in [0.29, 0.717) is 18.9 Å². The zero-order chi connectivity index (χ0) is 19.5. The molecular weight excluding hydrogens is 356 g/mol. The van der Waals surface area contributed by atoms with Gasteiger partial charge in [-0.3, -0.25) is 9.59 Å². The highest BCUT2D eigenvalue weighted by atomic mass is 16.2. The van der Waals surface area contributed by atoms with E-state index in [2.05, 4.69) is 20.2 Å². The number of piperidine rings is 1. The van der Waals surface area contributed by atoms with Crippen LogP contribution in [0.25, 0.3) is 0 Å². The van der Waals surface area contributed by atoms with Gasteiger partial charge in [-0.05, 0) is 30.5 Å². The van der Waals surface area contributed by atoms with Crippen LogP contribution in [0.3, 0.4) is 0 Å². The van der Waals surface area contributed by atoms with E-state index in [1.807, 2.05) is 36.5 Å². The molecular formula is C20H22N6O2. The fourth-order valence-corrected chi connectivity index (χ4v) is 3.75. The molecule has 1 saturated heterocycles. The number of hydrogen-bond donors (Lipinski definition) is 1. The first kappa shape index (κ1) is 18.1. The van der Waals surface area contributed by atoms with Crippen LogP contribution in [0.2, 0.25) is 0 Å². The van der Waals surface area contributed by atoms with Gasteiger partial charge >= 0.3 is 0 Å². The number of carbonyl (C=O) groups is 2. The second-order valence-electron chi connectivity index (χ2n) is 7.05. The first-order chi connectivity index (χ1) is 13.6. The molecule has 8 heteroatoms. The van der Waals surface area contributed by atoms with Gasteiger partial charge in [0.25, 0.3) is 5.91 Å². The molecule has 0 aliphatic carbocycles. The van der Waals surface area contributed by atoms with Gasteiger partial charge in [0.05, 0.1) is 6.04 Å². The zero-order valence-corrected chi connectivity index (χ0v) is 15.4. The van der Waals surface area contributed by atoms with Crippen molar-refractivity contribution in [1.82, 2.24) is 15.2 Å². The molecule has 8 nitrogen and oxygen atoms in total. The van der Waals surface area contributed by atoms with E-state index < -0.39 is 5.91 Å². The maximum Gasteiger partial charge on any atom is 0.269 e. The Morgan fingerprint density at radius 2 is 1.75 bits per heavy atom. The SMILES string of the molecule is NC(=O)c1ccc(N2CCC(C(=O)N3N=CC[C@H]3c3ccccc3)CC2)nn1. The van der Waals surface area contributed by atoms with Gasteiger partial charge in [-0.1, -0.05) is 30.3 Å². The lowest BCUT2D eigenvalue weighted by Gasteiger charge is -2.34. The summed E-state index contributed by atoms with van der Waals surface area (Å²) in [5, 5.41) is 13.9. The molecule has 144 valence electrons. The Balaban J connectivity index is 1.38. The predicted octanol–water partition coefficient (Wildman–Crippen LogP) is 1.75. The minimum atomic E-state index is -0.595. The number of rotatable bonds is 4. The predicted molar refractivity (Wildman–Crippen MR) is 105 cm³/mol. The molecule has 28 heavy (non-hydrogen) atoms. The molecule has 0 bridgehead atoms. The molecule has 1 atom stereocenters. The van der Waals surface area contributed by atoms with Gasteiger partial charge in [0.2, 0.25) is 5.91 Å². The van der Waals surface area contributed by atoms with Crippen LogP contribution in [0, 0.1) is 5.92 Å².